The van der Waals surface area contributed by atoms with Gasteiger partial charge in [-0.25, -0.2) is 0 Å². The first-order chi connectivity index (χ1) is 4.43. The number of hydrogen-bond donors (Lipinski definition) is 0. The van der Waals surface area contributed by atoms with Gasteiger partial charge in [-0.05, 0) is 25.0 Å². The van der Waals surface area contributed by atoms with Crippen LogP contribution in [0.15, 0.2) is 0 Å². The Labute approximate surface area is 61.2 Å². The van der Waals surface area contributed by atoms with E-state index in [0.29, 0.717) is 0 Å². The van der Waals surface area contributed by atoms with E-state index in [1.165, 1.54) is 12.8 Å². The van der Waals surface area contributed by atoms with E-state index in [9.17, 15) is 0 Å². The van der Waals surface area contributed by atoms with Crippen molar-refractivity contribution in [1.29, 1.82) is 0 Å². The summed E-state index contributed by atoms with van der Waals surface area (Å²) >= 11 is 1.85. The van der Waals surface area contributed by atoms with E-state index < -0.39 is 0 Å². The Morgan fingerprint density at radius 3 is 2.89 bits per heavy atom. The summed E-state index contributed by atoms with van der Waals surface area (Å²) in [5, 5.41) is 0. The molecule has 0 unspecified atom stereocenters. The van der Waals surface area contributed by atoms with Crippen molar-refractivity contribution in [3.63, 3.8) is 0 Å². The summed E-state index contributed by atoms with van der Waals surface area (Å²) in [5.74, 6) is 2.07. The lowest BCUT2D eigenvalue weighted by atomic mass is 10.5. The van der Waals surface area contributed by atoms with Crippen molar-refractivity contribution in [2.24, 2.45) is 5.92 Å². The minimum atomic E-state index is 0.923. The molecule has 0 bridgehead atoms. The third kappa shape index (κ3) is 3.82. The number of rotatable bonds is 5. The molecule has 1 fully saturated rings. The number of ether oxygens (including phenoxy) is 1. The molecule has 9 heavy (non-hydrogen) atoms. The second-order valence-corrected chi connectivity index (χ2v) is 3.50. The second-order valence-electron chi connectivity index (χ2n) is 2.51. The molecule has 2 heteroatoms. The van der Waals surface area contributed by atoms with Gasteiger partial charge in [0.2, 0.25) is 0 Å². The fourth-order valence-corrected chi connectivity index (χ4v) is 0.961. The van der Waals surface area contributed by atoms with E-state index in [1.54, 1.807) is 0 Å². The van der Waals surface area contributed by atoms with Crippen LogP contribution in [0.1, 0.15) is 12.8 Å². The Morgan fingerprint density at radius 2 is 2.33 bits per heavy atom. The van der Waals surface area contributed by atoms with Crippen molar-refractivity contribution in [2.45, 2.75) is 12.8 Å². The number of thioether (sulfide) groups is 1. The summed E-state index contributed by atoms with van der Waals surface area (Å²) < 4.78 is 5.38. The summed E-state index contributed by atoms with van der Waals surface area (Å²) in [6.07, 6.45) is 4.92. The average molecular weight is 146 g/mol. The van der Waals surface area contributed by atoms with Crippen molar-refractivity contribution >= 4 is 11.8 Å². The molecule has 0 heterocycles. The van der Waals surface area contributed by atoms with E-state index in [4.69, 9.17) is 4.74 Å². The van der Waals surface area contributed by atoms with Crippen molar-refractivity contribution < 1.29 is 4.74 Å². The van der Waals surface area contributed by atoms with Crippen LogP contribution in [-0.4, -0.2) is 25.2 Å². The highest BCUT2D eigenvalue weighted by Gasteiger charge is 2.20. The van der Waals surface area contributed by atoms with E-state index >= 15 is 0 Å². The van der Waals surface area contributed by atoms with Gasteiger partial charge in [0.1, 0.15) is 0 Å². The lowest BCUT2D eigenvalue weighted by molar-refractivity contribution is 0.139. The Hall–Kier alpha value is 0.310. The van der Waals surface area contributed by atoms with Gasteiger partial charge >= 0.3 is 0 Å². The van der Waals surface area contributed by atoms with Crippen LogP contribution in [0, 0.1) is 5.92 Å². The normalized spacial score (nSPS) is 18.3. The van der Waals surface area contributed by atoms with Crippen LogP contribution in [0.5, 0.6) is 0 Å². The second kappa shape index (κ2) is 4.18. The molecule has 0 aromatic carbocycles. The smallest absolute Gasteiger partial charge is 0.0556 e. The zero-order chi connectivity index (χ0) is 6.53. The predicted molar refractivity (Wildman–Crippen MR) is 41.9 cm³/mol. The largest absolute Gasteiger partial charge is 0.380 e. The van der Waals surface area contributed by atoms with Crippen LogP contribution in [0.3, 0.4) is 0 Å². The summed E-state index contributed by atoms with van der Waals surface area (Å²) in [6.45, 7) is 1.96. The molecule has 0 aromatic heterocycles. The van der Waals surface area contributed by atoms with Gasteiger partial charge in [-0.1, -0.05) is 0 Å². The van der Waals surface area contributed by atoms with Crippen LogP contribution in [-0.2, 0) is 4.74 Å². The third-order valence-corrected chi connectivity index (χ3v) is 2.06. The summed E-state index contributed by atoms with van der Waals surface area (Å²) in [7, 11) is 0. The molecule has 1 aliphatic carbocycles. The van der Waals surface area contributed by atoms with Crippen molar-refractivity contribution in [2.75, 3.05) is 25.2 Å². The topological polar surface area (TPSA) is 9.23 Å². The molecule has 0 N–H and O–H groups in total. The quantitative estimate of drug-likeness (QED) is 0.547. The standard InChI is InChI=1S/C7H14OS/c1-9-5-4-8-6-7-2-3-7/h7H,2-6H2,1H3. The Balaban J connectivity index is 1.71. The van der Waals surface area contributed by atoms with Crippen molar-refractivity contribution in [3.05, 3.63) is 0 Å². The molecule has 1 saturated carbocycles. The van der Waals surface area contributed by atoms with Gasteiger partial charge in [0.05, 0.1) is 6.61 Å². The fraction of sp³-hybridized carbons (Fsp3) is 1.00. The molecule has 1 aliphatic rings. The molecule has 0 aromatic rings. The lowest BCUT2D eigenvalue weighted by Gasteiger charge is -1.98. The summed E-state index contributed by atoms with van der Waals surface area (Å²) in [6, 6.07) is 0. The Morgan fingerprint density at radius 1 is 1.56 bits per heavy atom. The SMILES string of the molecule is CSCCOCC1CC1. The van der Waals surface area contributed by atoms with Crippen LogP contribution in [0.25, 0.3) is 0 Å². The highest BCUT2D eigenvalue weighted by Crippen LogP contribution is 2.28. The molecule has 0 spiro atoms. The Bertz CT molecular complexity index is 71.3. The van der Waals surface area contributed by atoms with Gasteiger partial charge in [0.25, 0.3) is 0 Å². The van der Waals surface area contributed by atoms with Crippen LogP contribution in [0.4, 0.5) is 0 Å². The van der Waals surface area contributed by atoms with E-state index in [1.807, 2.05) is 11.8 Å². The van der Waals surface area contributed by atoms with Gasteiger partial charge in [-0.15, -0.1) is 0 Å². The monoisotopic (exact) mass is 146 g/mol. The summed E-state index contributed by atoms with van der Waals surface area (Å²) in [5.41, 5.74) is 0. The van der Waals surface area contributed by atoms with E-state index in [2.05, 4.69) is 6.26 Å². The molecule has 0 amide bonds. The van der Waals surface area contributed by atoms with E-state index in [0.717, 1.165) is 24.9 Å². The molecule has 0 aliphatic heterocycles. The fourth-order valence-electron chi connectivity index (χ4n) is 0.677. The van der Waals surface area contributed by atoms with Gasteiger partial charge in [-0.3, -0.25) is 0 Å². The van der Waals surface area contributed by atoms with Crippen molar-refractivity contribution in [3.8, 4) is 0 Å². The highest BCUT2D eigenvalue weighted by molar-refractivity contribution is 7.98. The predicted octanol–water partition coefficient (Wildman–Crippen LogP) is 1.78. The molecular weight excluding hydrogens is 132 g/mol. The lowest BCUT2D eigenvalue weighted by Crippen LogP contribution is -1.99. The zero-order valence-corrected chi connectivity index (χ0v) is 6.75. The minimum absolute atomic E-state index is 0.923. The van der Waals surface area contributed by atoms with Gasteiger partial charge in [0, 0.05) is 12.4 Å². The molecular formula is C7H14OS. The van der Waals surface area contributed by atoms with Gasteiger partial charge < -0.3 is 4.74 Å². The third-order valence-electron chi connectivity index (χ3n) is 1.48. The zero-order valence-electron chi connectivity index (χ0n) is 5.93. The molecule has 1 nitrogen and oxygen atoms in total. The average Bonchev–Trinajstić information content (AvgIpc) is 2.63. The van der Waals surface area contributed by atoms with E-state index in [-0.39, 0.29) is 0 Å². The maximum Gasteiger partial charge on any atom is 0.0556 e. The molecule has 1 rings (SSSR count). The molecule has 0 saturated heterocycles. The first-order valence-corrected chi connectivity index (χ1v) is 4.89. The maximum absolute atomic E-state index is 5.38. The van der Waals surface area contributed by atoms with Crippen LogP contribution >= 0.6 is 11.8 Å². The molecule has 0 radical (unpaired) electrons. The maximum atomic E-state index is 5.38. The van der Waals surface area contributed by atoms with Gasteiger partial charge in [0.15, 0.2) is 0 Å². The van der Waals surface area contributed by atoms with Crippen LogP contribution < -0.4 is 0 Å². The van der Waals surface area contributed by atoms with Crippen LogP contribution in [0.2, 0.25) is 0 Å². The Kier molecular flexibility index (Phi) is 3.44. The molecule has 0 atom stereocenters. The first kappa shape index (κ1) is 7.42. The highest BCUT2D eigenvalue weighted by atomic mass is 32.2. The first-order valence-electron chi connectivity index (χ1n) is 3.50. The molecule has 54 valence electrons. The summed E-state index contributed by atoms with van der Waals surface area (Å²) in [4.78, 5) is 0. The van der Waals surface area contributed by atoms with Gasteiger partial charge in [-0.2, -0.15) is 11.8 Å². The van der Waals surface area contributed by atoms with Crippen molar-refractivity contribution in [1.82, 2.24) is 0 Å². The minimum Gasteiger partial charge on any atom is -0.380 e. The number of hydrogen-bond acceptors (Lipinski definition) is 2.